The van der Waals surface area contributed by atoms with Gasteiger partial charge in [-0.3, -0.25) is 24.5 Å². The number of hydrogen-bond acceptors (Lipinski definition) is 12. The van der Waals surface area contributed by atoms with Crippen LogP contribution in [0, 0.1) is 0 Å². The molecular weight excluding hydrogens is 514 g/mol. The Kier molecular flexibility index (Phi) is 9.89. The summed E-state index contributed by atoms with van der Waals surface area (Å²) in [7, 11) is 3.92. The highest BCUT2D eigenvalue weighted by atomic mass is 16.5. The predicted octanol–water partition coefficient (Wildman–Crippen LogP) is 0.634. The molecule has 13 heteroatoms. The highest BCUT2D eigenvalue weighted by molar-refractivity contribution is 6.01. The largest absolute Gasteiger partial charge is 0.395 e. The lowest BCUT2D eigenvalue weighted by Crippen LogP contribution is -2.42. The van der Waals surface area contributed by atoms with E-state index in [0.717, 1.165) is 17.3 Å². The fourth-order valence-corrected chi connectivity index (χ4v) is 4.44. The van der Waals surface area contributed by atoms with Gasteiger partial charge in [0.2, 0.25) is 0 Å². The molecule has 2 aliphatic rings. The number of aliphatic imine (C=N–C) groups is 2. The lowest BCUT2D eigenvalue weighted by molar-refractivity contribution is -0.104. The molecule has 0 aliphatic carbocycles. The number of nitrogens with zero attached hydrogens (tertiary/aromatic N) is 7. The molecule has 0 spiro atoms. The summed E-state index contributed by atoms with van der Waals surface area (Å²) in [6, 6.07) is 7.15. The Morgan fingerprint density at radius 1 is 1.32 bits per heavy atom. The predicted molar refractivity (Wildman–Crippen MR) is 155 cm³/mol. The quantitative estimate of drug-likeness (QED) is 0.196. The number of morpholine rings is 1. The minimum atomic E-state index is -0.272. The molecule has 0 bridgehead atoms. The van der Waals surface area contributed by atoms with E-state index < -0.39 is 0 Å². The van der Waals surface area contributed by atoms with Gasteiger partial charge in [-0.2, -0.15) is 0 Å². The van der Waals surface area contributed by atoms with Crippen LogP contribution in [-0.2, 0) is 9.53 Å². The van der Waals surface area contributed by atoms with Gasteiger partial charge in [0.25, 0.3) is 5.91 Å². The van der Waals surface area contributed by atoms with Crippen molar-refractivity contribution in [2.75, 3.05) is 81.9 Å². The first kappa shape index (κ1) is 28.8. The second-order valence-electron chi connectivity index (χ2n) is 9.42. The van der Waals surface area contributed by atoms with Crippen LogP contribution in [0.25, 0.3) is 11.4 Å². The minimum absolute atomic E-state index is 0.106. The number of likely N-dealkylation sites (N-methyl/N-ethyl adjacent to an activating group) is 2. The van der Waals surface area contributed by atoms with Gasteiger partial charge in [0.1, 0.15) is 11.9 Å². The van der Waals surface area contributed by atoms with Crippen molar-refractivity contribution in [3.8, 4) is 11.4 Å². The number of allylic oxidation sites excluding steroid dienone is 1. The number of anilines is 3. The van der Waals surface area contributed by atoms with Crippen LogP contribution in [0.2, 0.25) is 0 Å². The SMILES string of the molecule is C=N/C=C(C=O)\C=N/CN(C)CC1Nc2c(N3CCOCC3)nc(-c3cccc(C(=O)NCCO)c3)nc2N1C. The Bertz CT molecular complexity index is 1280. The molecule has 212 valence electrons. The van der Waals surface area contributed by atoms with Crippen molar-refractivity contribution in [2.45, 2.75) is 6.17 Å². The van der Waals surface area contributed by atoms with Gasteiger partial charge in [-0.25, -0.2) is 9.97 Å². The summed E-state index contributed by atoms with van der Waals surface area (Å²) in [5.41, 5.74) is 2.37. The molecule has 0 saturated carbocycles. The first-order valence-electron chi connectivity index (χ1n) is 13.0. The normalized spacial score (nSPS) is 17.2. The van der Waals surface area contributed by atoms with E-state index in [-0.39, 0.29) is 25.2 Å². The van der Waals surface area contributed by atoms with Crippen molar-refractivity contribution in [1.82, 2.24) is 20.2 Å². The molecule has 13 nitrogen and oxygen atoms in total. The molecule has 1 unspecified atom stereocenters. The number of carbonyl (C=O) groups is 2. The molecule has 1 atom stereocenters. The Hall–Kier alpha value is -4.20. The zero-order valence-corrected chi connectivity index (χ0v) is 22.8. The van der Waals surface area contributed by atoms with E-state index in [2.05, 4.69) is 37.1 Å². The first-order chi connectivity index (χ1) is 19.4. The molecule has 1 fully saturated rings. The van der Waals surface area contributed by atoms with Crippen LogP contribution in [-0.4, -0.2) is 118 Å². The highest BCUT2D eigenvalue weighted by Gasteiger charge is 2.33. The number of fused-ring (bicyclic) bond motifs is 1. The van der Waals surface area contributed by atoms with Crippen LogP contribution in [0.3, 0.4) is 0 Å². The van der Waals surface area contributed by atoms with Crippen LogP contribution in [0.5, 0.6) is 0 Å². The molecule has 1 amide bonds. The second kappa shape index (κ2) is 13.7. The van der Waals surface area contributed by atoms with Gasteiger partial charge < -0.3 is 30.3 Å². The Morgan fingerprint density at radius 3 is 2.83 bits per heavy atom. The van der Waals surface area contributed by atoms with E-state index in [1.165, 1.54) is 12.4 Å². The van der Waals surface area contributed by atoms with Crippen LogP contribution in [0.15, 0.2) is 46.0 Å². The molecule has 1 aromatic heterocycles. The van der Waals surface area contributed by atoms with Crippen LogP contribution >= 0.6 is 0 Å². The standard InChI is InChI=1S/C27H35N9O4/c1-28-14-19(17-38)15-29-18-34(2)16-22-31-23-25(35(22)3)32-24(33-26(23)36-8-11-40-12-9-36)20-5-4-6-21(13-20)27(39)30-7-10-37/h4-6,13-15,17,22,31,37H,1,7-12,16,18H2,2-3H3,(H,30,39)/b19-14+,29-15-. The number of aromatic nitrogens is 2. The molecular formula is C27H35N9O4. The van der Waals surface area contributed by atoms with Crippen molar-refractivity contribution >= 4 is 42.4 Å². The number of carbonyl (C=O) groups excluding carboxylic acids is 2. The summed E-state index contributed by atoms with van der Waals surface area (Å²) >= 11 is 0. The smallest absolute Gasteiger partial charge is 0.251 e. The van der Waals surface area contributed by atoms with Gasteiger partial charge in [-0.05, 0) is 25.9 Å². The van der Waals surface area contributed by atoms with Crippen molar-refractivity contribution in [3.63, 3.8) is 0 Å². The molecule has 40 heavy (non-hydrogen) atoms. The van der Waals surface area contributed by atoms with E-state index in [0.29, 0.717) is 68.3 Å². The maximum atomic E-state index is 12.5. The van der Waals surface area contributed by atoms with Gasteiger partial charge in [-0.1, -0.05) is 12.1 Å². The first-order valence-corrected chi connectivity index (χ1v) is 13.0. The lowest BCUT2D eigenvalue weighted by Gasteiger charge is -2.29. The highest BCUT2D eigenvalue weighted by Crippen LogP contribution is 2.40. The molecule has 3 heterocycles. The average molecular weight is 550 g/mol. The van der Waals surface area contributed by atoms with Crippen molar-refractivity contribution in [2.24, 2.45) is 9.98 Å². The molecule has 1 saturated heterocycles. The summed E-state index contributed by atoms with van der Waals surface area (Å²) in [6.07, 6.45) is 3.42. The molecule has 2 aliphatic heterocycles. The Balaban J connectivity index is 1.59. The van der Waals surface area contributed by atoms with Gasteiger partial charge in [0, 0.05) is 56.8 Å². The summed E-state index contributed by atoms with van der Waals surface area (Å²) in [5, 5.41) is 15.3. The zero-order chi connectivity index (χ0) is 28.5. The number of hydrogen-bond donors (Lipinski definition) is 3. The fourth-order valence-electron chi connectivity index (χ4n) is 4.44. The number of benzene rings is 1. The summed E-state index contributed by atoms with van der Waals surface area (Å²) in [5.74, 6) is 1.78. The molecule has 3 N–H and O–H groups in total. The van der Waals surface area contributed by atoms with Crippen LogP contribution in [0.1, 0.15) is 10.4 Å². The number of nitrogens with one attached hydrogen (secondary N) is 2. The average Bonchev–Trinajstić information content (AvgIpc) is 3.29. The number of aliphatic hydroxyl groups is 1. The number of aliphatic hydroxyl groups excluding tert-OH is 1. The van der Waals surface area contributed by atoms with E-state index in [9.17, 15) is 9.59 Å². The maximum absolute atomic E-state index is 12.5. The van der Waals surface area contributed by atoms with Gasteiger partial charge in [0.15, 0.2) is 23.7 Å². The van der Waals surface area contributed by atoms with E-state index in [1.54, 1.807) is 18.2 Å². The summed E-state index contributed by atoms with van der Waals surface area (Å²) in [4.78, 5) is 47.7. The van der Waals surface area contributed by atoms with E-state index in [4.69, 9.17) is 19.8 Å². The summed E-state index contributed by atoms with van der Waals surface area (Å²) < 4.78 is 5.57. The molecule has 4 rings (SSSR count). The minimum Gasteiger partial charge on any atom is -0.395 e. The van der Waals surface area contributed by atoms with E-state index in [1.807, 2.05) is 25.1 Å². The van der Waals surface area contributed by atoms with Crippen molar-refractivity contribution in [3.05, 3.63) is 41.6 Å². The number of aldehydes is 1. The monoisotopic (exact) mass is 549 g/mol. The maximum Gasteiger partial charge on any atom is 0.251 e. The molecule has 0 radical (unpaired) electrons. The lowest BCUT2D eigenvalue weighted by atomic mass is 10.1. The third-order valence-corrected chi connectivity index (χ3v) is 6.50. The zero-order valence-electron chi connectivity index (χ0n) is 22.8. The molecule has 1 aromatic carbocycles. The van der Waals surface area contributed by atoms with E-state index >= 15 is 0 Å². The summed E-state index contributed by atoms with van der Waals surface area (Å²) in [6.45, 7) is 7.00. The third-order valence-electron chi connectivity index (χ3n) is 6.50. The molecule has 2 aromatic rings. The van der Waals surface area contributed by atoms with Gasteiger partial charge in [-0.15, -0.1) is 0 Å². The fraction of sp³-hybridized carbons (Fsp3) is 0.407. The number of rotatable bonds is 12. The van der Waals surface area contributed by atoms with Crippen molar-refractivity contribution < 1.29 is 19.4 Å². The number of amides is 1. The van der Waals surface area contributed by atoms with Gasteiger partial charge >= 0.3 is 0 Å². The number of ether oxygens (including phenoxy) is 1. The van der Waals surface area contributed by atoms with Crippen LogP contribution < -0.4 is 20.4 Å². The van der Waals surface area contributed by atoms with Gasteiger partial charge in [0.05, 0.1) is 32.1 Å². The Morgan fingerprint density at radius 2 is 2.10 bits per heavy atom. The topological polar surface area (TPSA) is 148 Å². The second-order valence-corrected chi connectivity index (χ2v) is 9.42. The van der Waals surface area contributed by atoms with Crippen molar-refractivity contribution in [1.29, 1.82) is 0 Å². The third kappa shape index (κ3) is 6.86. The van der Waals surface area contributed by atoms with Crippen LogP contribution in [0.4, 0.5) is 17.3 Å². The Labute approximate surface area is 233 Å².